The Bertz CT molecular complexity index is 552. The van der Waals surface area contributed by atoms with Crippen molar-refractivity contribution < 1.29 is 4.79 Å². The molecular formula is C11H7NO. The van der Waals surface area contributed by atoms with Gasteiger partial charge in [-0.1, -0.05) is 18.2 Å². The zero-order valence-corrected chi connectivity index (χ0v) is 6.95. The number of hydrogen-bond donors (Lipinski definition) is 0. The minimum Gasteiger partial charge on any atom is -0.294 e. The highest BCUT2D eigenvalue weighted by molar-refractivity contribution is 6.38. The first-order valence-corrected chi connectivity index (χ1v) is 4.27. The Morgan fingerprint density at radius 2 is 2.23 bits per heavy atom. The summed E-state index contributed by atoms with van der Waals surface area (Å²) >= 11 is 0. The Morgan fingerprint density at radius 3 is 3.15 bits per heavy atom. The second-order valence-corrected chi connectivity index (χ2v) is 3.24. The Balaban J connectivity index is 2.62. The van der Waals surface area contributed by atoms with Crippen molar-refractivity contribution in [1.29, 1.82) is 0 Å². The van der Waals surface area contributed by atoms with Gasteiger partial charge in [0.2, 0.25) is 0 Å². The lowest BCUT2D eigenvalue weighted by Gasteiger charge is -2.01. The number of carbonyl (C=O) groups is 1. The van der Waals surface area contributed by atoms with E-state index in [-0.39, 0.29) is 5.78 Å². The van der Waals surface area contributed by atoms with Crippen LogP contribution in [0.15, 0.2) is 23.2 Å². The van der Waals surface area contributed by atoms with Crippen molar-refractivity contribution in [3.05, 3.63) is 28.6 Å². The smallest absolute Gasteiger partial charge is 0.168 e. The molecule has 0 atom stereocenters. The molecule has 13 heavy (non-hydrogen) atoms. The van der Waals surface area contributed by atoms with Gasteiger partial charge < -0.3 is 0 Å². The zero-order valence-electron chi connectivity index (χ0n) is 6.95. The highest BCUT2D eigenvalue weighted by atomic mass is 16.1. The number of hydrogen-bond acceptors (Lipinski definition) is 2. The van der Waals surface area contributed by atoms with Gasteiger partial charge in [0.1, 0.15) is 0 Å². The highest BCUT2D eigenvalue weighted by Gasteiger charge is 2.17. The molecule has 1 aromatic carbocycles. The van der Waals surface area contributed by atoms with Crippen molar-refractivity contribution >= 4 is 29.3 Å². The molecule has 0 amide bonds. The molecule has 1 aliphatic heterocycles. The van der Waals surface area contributed by atoms with Crippen molar-refractivity contribution in [3.8, 4) is 0 Å². The molecule has 1 heterocycles. The van der Waals surface area contributed by atoms with Crippen LogP contribution in [0.2, 0.25) is 0 Å². The lowest BCUT2D eigenvalue weighted by atomic mass is 10.00. The van der Waals surface area contributed by atoms with Crippen LogP contribution in [-0.2, 0) is 4.79 Å². The maximum absolute atomic E-state index is 11.5. The number of rotatable bonds is 0. The fourth-order valence-electron chi connectivity index (χ4n) is 1.85. The summed E-state index contributed by atoms with van der Waals surface area (Å²) in [6.45, 7) is 0. The van der Waals surface area contributed by atoms with Gasteiger partial charge in [-0.25, -0.2) is 0 Å². The summed E-state index contributed by atoms with van der Waals surface area (Å²) in [5.41, 5.74) is 1.71. The minimum absolute atomic E-state index is 0.182. The Morgan fingerprint density at radius 1 is 1.31 bits per heavy atom. The number of benzene rings is 1. The monoisotopic (exact) mass is 169 g/mol. The van der Waals surface area contributed by atoms with E-state index in [9.17, 15) is 4.79 Å². The maximum atomic E-state index is 11.5. The highest BCUT2D eigenvalue weighted by Crippen LogP contribution is 2.13. The van der Waals surface area contributed by atoms with Gasteiger partial charge in [-0.15, -0.1) is 0 Å². The number of aliphatic imine (C=N–C) groups is 1. The zero-order chi connectivity index (χ0) is 8.84. The van der Waals surface area contributed by atoms with Crippen LogP contribution in [0.4, 0.5) is 5.69 Å². The van der Waals surface area contributed by atoms with Crippen molar-refractivity contribution in [3.63, 3.8) is 0 Å². The standard InChI is InChI=1S/C11H7NO/c13-10-5-4-7-2-1-3-9-11(7)8(10)6-12-9/h1-4,6H,5H2. The van der Waals surface area contributed by atoms with Gasteiger partial charge in [-0.3, -0.25) is 9.79 Å². The molecule has 2 nitrogen and oxygen atoms in total. The van der Waals surface area contributed by atoms with Gasteiger partial charge in [0.15, 0.2) is 5.78 Å². The number of nitrogens with zero attached hydrogens (tertiary/aromatic N) is 1. The fourth-order valence-corrected chi connectivity index (χ4v) is 1.85. The average Bonchev–Trinajstić information content (AvgIpc) is 2.57. The number of Topliss-reactive ketones (excluding diaryl/α,β-unsaturated/α-hetero) is 1. The summed E-state index contributed by atoms with van der Waals surface area (Å²) in [7, 11) is 0. The summed E-state index contributed by atoms with van der Waals surface area (Å²) in [6.07, 6.45) is 4.17. The molecule has 0 spiro atoms. The molecule has 1 aliphatic carbocycles. The SMILES string of the molecule is O=C1CC=c2cccc3c2=C1C=N3. The van der Waals surface area contributed by atoms with E-state index in [1.807, 2.05) is 24.3 Å². The lowest BCUT2D eigenvalue weighted by molar-refractivity contribution is -0.112. The largest absolute Gasteiger partial charge is 0.294 e. The summed E-state index contributed by atoms with van der Waals surface area (Å²) in [6, 6.07) is 5.94. The molecule has 62 valence electrons. The molecule has 1 aromatic rings. The van der Waals surface area contributed by atoms with Gasteiger partial charge in [0, 0.05) is 23.4 Å². The summed E-state index contributed by atoms with van der Waals surface area (Å²) < 4.78 is 0. The van der Waals surface area contributed by atoms with E-state index in [0.717, 1.165) is 21.7 Å². The summed E-state index contributed by atoms with van der Waals surface area (Å²) in [5, 5.41) is 2.17. The molecule has 0 saturated carbocycles. The Hall–Kier alpha value is -1.70. The van der Waals surface area contributed by atoms with Gasteiger partial charge >= 0.3 is 0 Å². The summed E-state index contributed by atoms with van der Waals surface area (Å²) in [4.78, 5) is 15.7. The van der Waals surface area contributed by atoms with Crippen LogP contribution in [0.5, 0.6) is 0 Å². The van der Waals surface area contributed by atoms with Crippen LogP contribution in [0.25, 0.3) is 11.6 Å². The van der Waals surface area contributed by atoms with E-state index in [0.29, 0.717) is 6.42 Å². The van der Waals surface area contributed by atoms with Crippen molar-refractivity contribution in [2.24, 2.45) is 4.99 Å². The van der Waals surface area contributed by atoms with Crippen molar-refractivity contribution in [2.45, 2.75) is 6.42 Å². The van der Waals surface area contributed by atoms with E-state index in [1.54, 1.807) is 6.21 Å². The Labute approximate surface area is 74.9 Å². The molecule has 0 N–H and O–H groups in total. The van der Waals surface area contributed by atoms with Crippen molar-refractivity contribution in [2.75, 3.05) is 0 Å². The van der Waals surface area contributed by atoms with Gasteiger partial charge in [0.05, 0.1) is 5.69 Å². The molecule has 0 radical (unpaired) electrons. The van der Waals surface area contributed by atoms with Gasteiger partial charge in [0.25, 0.3) is 0 Å². The van der Waals surface area contributed by atoms with Crippen LogP contribution in [0.1, 0.15) is 6.42 Å². The van der Waals surface area contributed by atoms with E-state index in [2.05, 4.69) is 4.99 Å². The lowest BCUT2D eigenvalue weighted by Crippen LogP contribution is -2.31. The third kappa shape index (κ3) is 0.773. The van der Waals surface area contributed by atoms with Crippen LogP contribution in [0.3, 0.4) is 0 Å². The minimum atomic E-state index is 0.182. The third-order valence-corrected chi connectivity index (χ3v) is 2.48. The third-order valence-electron chi connectivity index (χ3n) is 2.48. The van der Waals surface area contributed by atoms with Gasteiger partial charge in [-0.2, -0.15) is 0 Å². The quantitative estimate of drug-likeness (QED) is 0.549. The second-order valence-electron chi connectivity index (χ2n) is 3.24. The molecule has 0 bridgehead atoms. The number of ketones is 1. The molecule has 0 unspecified atom stereocenters. The van der Waals surface area contributed by atoms with Gasteiger partial charge in [-0.05, 0) is 11.3 Å². The molecular weight excluding hydrogens is 162 g/mol. The molecule has 3 rings (SSSR count). The topological polar surface area (TPSA) is 29.4 Å². The second kappa shape index (κ2) is 2.16. The van der Waals surface area contributed by atoms with Crippen LogP contribution >= 0.6 is 0 Å². The maximum Gasteiger partial charge on any atom is 0.168 e. The molecule has 0 fully saturated rings. The van der Waals surface area contributed by atoms with E-state index in [1.165, 1.54) is 0 Å². The normalized spacial score (nSPS) is 17.2. The van der Waals surface area contributed by atoms with E-state index < -0.39 is 0 Å². The molecule has 2 aliphatic rings. The first-order valence-electron chi connectivity index (χ1n) is 4.27. The van der Waals surface area contributed by atoms with E-state index in [4.69, 9.17) is 0 Å². The number of carbonyl (C=O) groups excluding carboxylic acids is 1. The predicted molar refractivity (Wildman–Crippen MR) is 51.3 cm³/mol. The predicted octanol–water partition coefficient (Wildman–Crippen LogP) is 0.307. The molecule has 0 aromatic heterocycles. The molecule has 0 saturated heterocycles. The fraction of sp³-hybridized carbons (Fsp3) is 0.0909. The van der Waals surface area contributed by atoms with Crippen LogP contribution in [-0.4, -0.2) is 12.0 Å². The molecule has 2 heteroatoms. The average molecular weight is 169 g/mol. The van der Waals surface area contributed by atoms with Crippen LogP contribution in [0, 0.1) is 0 Å². The van der Waals surface area contributed by atoms with Crippen LogP contribution < -0.4 is 10.4 Å². The first kappa shape index (κ1) is 6.78. The Kier molecular flexibility index (Phi) is 1.13. The summed E-state index contributed by atoms with van der Waals surface area (Å²) in [5.74, 6) is 0.182. The van der Waals surface area contributed by atoms with E-state index >= 15 is 0 Å². The van der Waals surface area contributed by atoms with Crippen molar-refractivity contribution in [1.82, 2.24) is 0 Å². The first-order chi connectivity index (χ1) is 6.36.